The lowest BCUT2D eigenvalue weighted by Crippen LogP contribution is -2.52. The summed E-state index contributed by atoms with van der Waals surface area (Å²) in [6, 6.07) is 7.60. The van der Waals surface area contributed by atoms with Gasteiger partial charge in [-0.25, -0.2) is 19.6 Å². The average molecular weight is 575 g/mol. The highest BCUT2D eigenvalue weighted by Gasteiger charge is 2.29. The minimum atomic E-state index is -0.728. The van der Waals surface area contributed by atoms with E-state index in [9.17, 15) is 14.4 Å². The maximum atomic E-state index is 13.9. The molecule has 4 aromatic rings. The van der Waals surface area contributed by atoms with Gasteiger partial charge in [-0.3, -0.25) is 18.5 Å². The predicted octanol–water partition coefficient (Wildman–Crippen LogP) is 2.96. The molecule has 42 heavy (non-hydrogen) atoms. The highest BCUT2D eigenvalue weighted by Crippen LogP contribution is 2.21. The highest BCUT2D eigenvalue weighted by molar-refractivity contribution is 5.80. The summed E-state index contributed by atoms with van der Waals surface area (Å²) in [6.07, 6.45) is -0.539. The largest absolute Gasteiger partial charge is 0.444 e. The molecule has 222 valence electrons. The lowest BCUT2D eigenvalue weighted by Gasteiger charge is -2.32. The number of nitrogens with one attached hydrogen (secondary N) is 1. The number of carbonyl (C=O) groups excluding carboxylic acids is 1. The second-order valence-electron chi connectivity index (χ2n) is 11.9. The number of imidazole rings is 1. The molecule has 0 atom stereocenters. The first-order valence-electron chi connectivity index (χ1n) is 13.7. The third-order valence-corrected chi connectivity index (χ3v) is 6.58. The molecule has 0 unspecified atom stereocenters. The van der Waals surface area contributed by atoms with Gasteiger partial charge in [0.25, 0.3) is 5.56 Å². The number of fused-ring (bicyclic) bond motifs is 2. The summed E-state index contributed by atoms with van der Waals surface area (Å²) in [5.41, 5.74) is -0.453. The Morgan fingerprint density at radius 1 is 1.07 bits per heavy atom. The maximum absolute atomic E-state index is 13.9. The van der Waals surface area contributed by atoms with Crippen LogP contribution in [0.15, 0.2) is 33.9 Å². The number of rotatable bonds is 7. The smallest absolute Gasteiger partial charge is 0.408 e. The summed E-state index contributed by atoms with van der Waals surface area (Å²) in [5.74, 6) is 6.66. The molecule has 0 aliphatic heterocycles. The van der Waals surface area contributed by atoms with Gasteiger partial charge in [0.05, 0.1) is 24.1 Å². The van der Waals surface area contributed by atoms with Gasteiger partial charge in [-0.05, 0) is 54.5 Å². The van der Waals surface area contributed by atoms with Gasteiger partial charge in [0.1, 0.15) is 11.4 Å². The second-order valence-corrected chi connectivity index (χ2v) is 11.9. The van der Waals surface area contributed by atoms with E-state index in [0.29, 0.717) is 18.3 Å². The molecule has 0 spiro atoms. The Labute approximate surface area is 244 Å². The van der Waals surface area contributed by atoms with Crippen LogP contribution in [0.2, 0.25) is 0 Å². The van der Waals surface area contributed by atoms with Gasteiger partial charge < -0.3 is 15.0 Å². The minimum Gasteiger partial charge on any atom is -0.444 e. The zero-order chi connectivity index (χ0) is 31.0. The quantitative estimate of drug-likeness (QED) is 0.334. The molecule has 1 N–H and O–H groups in total. The Kier molecular flexibility index (Phi) is 8.16. The van der Waals surface area contributed by atoms with Crippen molar-refractivity contribution in [3.63, 3.8) is 0 Å². The third kappa shape index (κ3) is 6.30. The average Bonchev–Trinajstić information content (AvgIpc) is 3.27. The summed E-state index contributed by atoms with van der Waals surface area (Å²) >= 11 is 0. The molecule has 3 heterocycles. The highest BCUT2D eigenvalue weighted by atomic mass is 16.6. The number of hydrogen-bond donors (Lipinski definition) is 1. The van der Waals surface area contributed by atoms with Crippen LogP contribution in [-0.4, -0.2) is 59.5 Å². The fourth-order valence-electron chi connectivity index (χ4n) is 4.89. The van der Waals surface area contributed by atoms with Crippen LogP contribution in [-0.2, 0) is 24.9 Å². The zero-order valence-electron chi connectivity index (χ0n) is 25.7. The second kappa shape index (κ2) is 11.3. The van der Waals surface area contributed by atoms with Crippen LogP contribution >= 0.6 is 0 Å². The van der Waals surface area contributed by atoms with Gasteiger partial charge in [-0.1, -0.05) is 24.1 Å². The van der Waals surface area contributed by atoms with E-state index < -0.39 is 28.5 Å². The molecule has 4 rings (SSSR count). The Morgan fingerprint density at radius 2 is 1.76 bits per heavy atom. The number of para-hydroxylation sites is 1. The molecular formula is C30H38N8O4. The number of nitrogens with zero attached hydrogens (tertiary/aromatic N) is 7. The van der Waals surface area contributed by atoms with Crippen molar-refractivity contribution in [2.24, 2.45) is 7.05 Å². The number of likely N-dealkylation sites (N-methyl/N-ethyl adjacent to an activating group) is 1. The first-order valence-corrected chi connectivity index (χ1v) is 13.7. The molecule has 12 heteroatoms. The van der Waals surface area contributed by atoms with Crippen molar-refractivity contribution in [2.75, 3.05) is 18.5 Å². The molecule has 12 nitrogen and oxygen atoms in total. The summed E-state index contributed by atoms with van der Waals surface area (Å²) in [4.78, 5) is 55.5. The third-order valence-electron chi connectivity index (χ3n) is 6.58. The monoisotopic (exact) mass is 574 g/mol. The van der Waals surface area contributed by atoms with Crippen LogP contribution < -0.4 is 21.5 Å². The molecule has 0 bridgehead atoms. The van der Waals surface area contributed by atoms with Crippen molar-refractivity contribution in [3.8, 4) is 11.8 Å². The van der Waals surface area contributed by atoms with Gasteiger partial charge in [0, 0.05) is 31.7 Å². The maximum Gasteiger partial charge on any atom is 0.408 e. The molecule has 0 saturated heterocycles. The van der Waals surface area contributed by atoms with Crippen LogP contribution in [0, 0.1) is 18.8 Å². The molecule has 0 radical (unpaired) electrons. The zero-order valence-corrected chi connectivity index (χ0v) is 25.7. The Hall–Kier alpha value is -4.66. The van der Waals surface area contributed by atoms with E-state index >= 15 is 0 Å². The van der Waals surface area contributed by atoms with Gasteiger partial charge in [-0.15, -0.1) is 5.92 Å². The number of aromatic nitrogens is 6. The first kappa shape index (κ1) is 30.3. The molecule has 0 aliphatic rings. The molecule has 0 aliphatic carbocycles. The van der Waals surface area contributed by atoms with E-state index in [1.54, 1.807) is 46.4 Å². The number of hydrogen-bond acceptors (Lipinski definition) is 8. The fraction of sp³-hybridized carbons (Fsp3) is 0.467. The normalized spacial score (nSPS) is 11.8. The lowest BCUT2D eigenvalue weighted by molar-refractivity contribution is 0.0475. The summed E-state index contributed by atoms with van der Waals surface area (Å²) in [5, 5.41) is 3.80. The predicted molar refractivity (Wildman–Crippen MR) is 163 cm³/mol. The van der Waals surface area contributed by atoms with E-state index in [4.69, 9.17) is 9.72 Å². The number of anilines is 1. The fourth-order valence-corrected chi connectivity index (χ4v) is 4.89. The number of carbonyl (C=O) groups is 1. The molecule has 0 saturated carbocycles. The van der Waals surface area contributed by atoms with Crippen molar-refractivity contribution in [1.82, 2.24) is 34.0 Å². The SMILES string of the molecule is CC#CCn1c(N(C)CC(C)(C)NC(=O)OC(C)(C)C)nc2c1c(=O)n(Cc1nc(C)c3ccccc3n1)c(=O)n2C. The topological polar surface area (TPSA) is 129 Å². The first-order chi connectivity index (χ1) is 19.6. The molecular weight excluding hydrogens is 536 g/mol. The van der Waals surface area contributed by atoms with Crippen molar-refractivity contribution in [2.45, 2.75) is 72.7 Å². The Morgan fingerprint density at radius 3 is 2.43 bits per heavy atom. The number of alkyl carbamates (subject to hydrolysis) is 1. The number of benzene rings is 1. The van der Waals surface area contributed by atoms with Crippen LogP contribution in [0.1, 0.15) is 53.1 Å². The van der Waals surface area contributed by atoms with E-state index in [2.05, 4.69) is 27.1 Å². The van der Waals surface area contributed by atoms with Crippen molar-refractivity contribution in [1.29, 1.82) is 0 Å². The van der Waals surface area contributed by atoms with Gasteiger partial charge >= 0.3 is 11.8 Å². The molecule has 1 aromatic carbocycles. The van der Waals surface area contributed by atoms with Crippen molar-refractivity contribution < 1.29 is 9.53 Å². The Balaban J connectivity index is 1.78. The summed E-state index contributed by atoms with van der Waals surface area (Å²) < 4.78 is 9.59. The summed E-state index contributed by atoms with van der Waals surface area (Å²) in [6.45, 7) is 13.1. The van der Waals surface area contributed by atoms with Crippen molar-refractivity contribution in [3.05, 3.63) is 56.6 Å². The van der Waals surface area contributed by atoms with Crippen LogP contribution in [0.25, 0.3) is 22.1 Å². The molecule has 3 aromatic heterocycles. The van der Waals surface area contributed by atoms with E-state index in [1.807, 2.05) is 49.9 Å². The van der Waals surface area contributed by atoms with E-state index in [-0.39, 0.29) is 24.3 Å². The van der Waals surface area contributed by atoms with Gasteiger partial charge in [0.15, 0.2) is 11.2 Å². The summed E-state index contributed by atoms with van der Waals surface area (Å²) in [7, 11) is 3.38. The molecule has 0 fully saturated rings. The van der Waals surface area contributed by atoms with Gasteiger partial charge in [0.2, 0.25) is 5.95 Å². The minimum absolute atomic E-state index is 0.101. The number of aryl methyl sites for hydroxylation is 2. The Bertz CT molecular complexity index is 1850. The van der Waals surface area contributed by atoms with E-state index in [0.717, 1.165) is 21.2 Å². The van der Waals surface area contributed by atoms with Crippen LogP contribution in [0.5, 0.6) is 0 Å². The standard InChI is InChI=1S/C30H38N8O4/c1-10-11-16-37-23-24(33-26(37)35(8)18-30(6,7)34-27(40)42-29(3,4)5)36(9)28(41)38(25(23)39)17-22-31-19(2)20-14-12-13-15-21(20)32-22/h12-15H,16-18H2,1-9H3,(H,34,40). The van der Waals surface area contributed by atoms with Crippen molar-refractivity contribution >= 4 is 34.1 Å². The van der Waals surface area contributed by atoms with E-state index in [1.165, 1.54) is 4.57 Å². The van der Waals surface area contributed by atoms with Crippen LogP contribution in [0.4, 0.5) is 10.7 Å². The number of ether oxygens (including phenoxy) is 1. The molecule has 1 amide bonds. The number of amides is 1. The van der Waals surface area contributed by atoms with Crippen LogP contribution in [0.3, 0.4) is 0 Å². The lowest BCUT2D eigenvalue weighted by atomic mass is 10.1. The van der Waals surface area contributed by atoms with Gasteiger partial charge in [-0.2, -0.15) is 4.98 Å².